The maximum atomic E-state index is 12.6. The molecule has 1 N–H and O–H groups in total. The van der Waals surface area contributed by atoms with Crippen LogP contribution in [0.3, 0.4) is 0 Å². The average molecular weight is 296 g/mol. The van der Waals surface area contributed by atoms with E-state index in [2.05, 4.69) is 20.9 Å². The Kier molecular flexibility index (Phi) is 2.86. The van der Waals surface area contributed by atoms with Gasteiger partial charge in [0.1, 0.15) is 5.56 Å². The van der Waals surface area contributed by atoms with Crippen molar-refractivity contribution in [2.24, 2.45) is 5.92 Å². The van der Waals surface area contributed by atoms with Crippen LogP contribution in [-0.4, -0.2) is 4.98 Å². The summed E-state index contributed by atoms with van der Waals surface area (Å²) in [4.78, 5) is 13.3. The fourth-order valence-corrected chi connectivity index (χ4v) is 2.26. The molecule has 2 nitrogen and oxygen atoms in total. The van der Waals surface area contributed by atoms with E-state index in [1.54, 1.807) is 0 Å². The molecule has 1 aliphatic rings. The number of nitrogens with one attached hydrogen (secondary N) is 1. The molecular formula is C10H9BrF3NO. The summed E-state index contributed by atoms with van der Waals surface area (Å²) in [6.07, 6.45) is -0.577. The van der Waals surface area contributed by atoms with E-state index < -0.39 is 17.3 Å². The number of H-pyrrole nitrogens is 1. The first kappa shape index (κ1) is 11.7. The molecule has 0 atom stereocenters. The third-order valence-corrected chi connectivity index (χ3v) is 3.50. The highest BCUT2D eigenvalue weighted by Gasteiger charge is 2.37. The Morgan fingerprint density at radius 3 is 2.56 bits per heavy atom. The molecule has 0 unspecified atom stereocenters. The van der Waals surface area contributed by atoms with Crippen LogP contribution in [0.4, 0.5) is 13.2 Å². The summed E-state index contributed by atoms with van der Waals surface area (Å²) in [5.74, 6) is 0.461. The summed E-state index contributed by atoms with van der Waals surface area (Å²) in [5.41, 5.74) is -1.71. The Labute approximate surface area is 98.0 Å². The Bertz CT molecular complexity index is 462. The van der Waals surface area contributed by atoms with Crippen molar-refractivity contribution in [1.29, 1.82) is 0 Å². The van der Waals surface area contributed by atoms with Crippen molar-refractivity contribution in [3.63, 3.8) is 0 Å². The predicted molar refractivity (Wildman–Crippen MR) is 56.2 cm³/mol. The molecule has 2 rings (SSSR count). The van der Waals surface area contributed by atoms with Crippen LogP contribution in [0, 0.1) is 5.92 Å². The molecule has 1 aliphatic carbocycles. The van der Waals surface area contributed by atoms with E-state index in [0.717, 1.165) is 12.8 Å². The Balaban J connectivity index is 2.45. The van der Waals surface area contributed by atoms with E-state index in [9.17, 15) is 18.0 Å². The molecule has 1 fully saturated rings. The van der Waals surface area contributed by atoms with E-state index in [1.807, 2.05) is 0 Å². The van der Waals surface area contributed by atoms with Gasteiger partial charge in [-0.05, 0) is 46.7 Å². The smallest absolute Gasteiger partial charge is 0.328 e. The predicted octanol–water partition coefficient (Wildman–Crippen LogP) is 3.11. The number of halogens is 4. The maximum absolute atomic E-state index is 12.6. The molecule has 0 saturated heterocycles. The minimum absolute atomic E-state index is 0.115. The largest absolute Gasteiger partial charge is 0.422 e. The number of aromatic nitrogens is 1. The lowest BCUT2D eigenvalue weighted by Crippen LogP contribution is -2.23. The fourth-order valence-electron chi connectivity index (χ4n) is 1.58. The van der Waals surface area contributed by atoms with Crippen LogP contribution in [0.5, 0.6) is 0 Å². The molecule has 1 aromatic heterocycles. The van der Waals surface area contributed by atoms with Crippen LogP contribution < -0.4 is 5.56 Å². The monoisotopic (exact) mass is 295 g/mol. The van der Waals surface area contributed by atoms with Crippen molar-refractivity contribution in [2.75, 3.05) is 0 Å². The molecule has 0 bridgehead atoms. The molecule has 0 aromatic carbocycles. The van der Waals surface area contributed by atoms with Gasteiger partial charge in [-0.15, -0.1) is 0 Å². The zero-order valence-electron chi connectivity index (χ0n) is 8.20. The van der Waals surface area contributed by atoms with Crippen molar-refractivity contribution >= 4 is 15.9 Å². The minimum Gasteiger partial charge on any atom is -0.328 e. The van der Waals surface area contributed by atoms with E-state index in [0.29, 0.717) is 17.9 Å². The summed E-state index contributed by atoms with van der Waals surface area (Å²) in [6.45, 7) is 0. The molecule has 1 saturated carbocycles. The second-order valence-corrected chi connectivity index (χ2v) is 4.77. The molecule has 0 aliphatic heterocycles. The number of rotatable bonds is 2. The quantitative estimate of drug-likeness (QED) is 0.893. The molecular weight excluding hydrogens is 287 g/mol. The first-order valence-corrected chi connectivity index (χ1v) is 5.66. The van der Waals surface area contributed by atoms with Crippen molar-refractivity contribution in [1.82, 2.24) is 4.98 Å². The van der Waals surface area contributed by atoms with Gasteiger partial charge in [-0.1, -0.05) is 0 Å². The maximum Gasteiger partial charge on any atom is 0.422 e. The number of pyridine rings is 1. The number of alkyl halides is 3. The molecule has 0 amide bonds. The van der Waals surface area contributed by atoms with Gasteiger partial charge in [0.2, 0.25) is 0 Å². The van der Waals surface area contributed by atoms with Crippen LogP contribution in [0.15, 0.2) is 15.5 Å². The van der Waals surface area contributed by atoms with Gasteiger partial charge in [0.05, 0.1) is 0 Å². The summed E-state index contributed by atoms with van der Waals surface area (Å²) in [5, 5.41) is 0. The average Bonchev–Trinajstić information content (AvgIpc) is 2.91. The normalized spacial score (nSPS) is 16.5. The van der Waals surface area contributed by atoms with Crippen LogP contribution >= 0.6 is 15.9 Å². The number of hydrogen-bond donors (Lipinski definition) is 1. The second kappa shape index (κ2) is 3.91. The summed E-state index contributed by atoms with van der Waals surface area (Å²) in [7, 11) is 0. The topological polar surface area (TPSA) is 32.9 Å². The number of hydrogen-bond acceptors (Lipinski definition) is 1. The standard InChI is InChI=1S/C10H9BrF3NO/c11-8-6(3-5-1-2-5)4-15-9(16)7(8)10(12,13)14/h4-5H,1-3H2,(H,15,16). The van der Waals surface area contributed by atoms with Gasteiger partial charge in [-0.25, -0.2) is 0 Å². The van der Waals surface area contributed by atoms with Crippen LogP contribution in [-0.2, 0) is 12.6 Å². The number of aromatic amines is 1. The first-order valence-electron chi connectivity index (χ1n) is 4.87. The molecule has 0 spiro atoms. The SMILES string of the molecule is O=c1[nH]cc(CC2CC2)c(Br)c1C(F)(F)F. The lowest BCUT2D eigenvalue weighted by Gasteiger charge is -2.11. The van der Waals surface area contributed by atoms with Gasteiger partial charge < -0.3 is 4.98 Å². The van der Waals surface area contributed by atoms with Crippen molar-refractivity contribution < 1.29 is 13.2 Å². The lowest BCUT2D eigenvalue weighted by molar-refractivity contribution is -0.139. The van der Waals surface area contributed by atoms with Crippen molar-refractivity contribution in [3.05, 3.63) is 32.2 Å². The minimum atomic E-state index is -4.62. The molecule has 1 aromatic rings. The van der Waals surface area contributed by atoms with Crippen LogP contribution in [0.2, 0.25) is 0 Å². The van der Waals surface area contributed by atoms with E-state index in [4.69, 9.17) is 0 Å². The second-order valence-electron chi connectivity index (χ2n) is 3.98. The zero-order chi connectivity index (χ0) is 11.9. The third kappa shape index (κ3) is 2.31. The van der Waals surface area contributed by atoms with Gasteiger partial charge >= 0.3 is 6.18 Å². The van der Waals surface area contributed by atoms with Gasteiger partial charge in [0, 0.05) is 10.7 Å². The molecule has 88 valence electrons. The van der Waals surface area contributed by atoms with E-state index in [1.165, 1.54) is 6.20 Å². The zero-order valence-corrected chi connectivity index (χ0v) is 9.78. The summed E-state index contributed by atoms with van der Waals surface area (Å²) >= 11 is 2.88. The Morgan fingerprint density at radius 2 is 2.06 bits per heavy atom. The molecule has 0 radical (unpaired) electrons. The summed E-state index contributed by atoms with van der Waals surface area (Å²) < 4.78 is 37.7. The lowest BCUT2D eigenvalue weighted by atomic mass is 10.1. The van der Waals surface area contributed by atoms with Gasteiger partial charge in [0.15, 0.2) is 0 Å². The fraction of sp³-hybridized carbons (Fsp3) is 0.500. The van der Waals surface area contributed by atoms with Gasteiger partial charge in [-0.3, -0.25) is 4.79 Å². The highest BCUT2D eigenvalue weighted by molar-refractivity contribution is 9.10. The van der Waals surface area contributed by atoms with Crippen molar-refractivity contribution in [2.45, 2.75) is 25.4 Å². The van der Waals surface area contributed by atoms with Crippen LogP contribution in [0.1, 0.15) is 24.0 Å². The van der Waals surface area contributed by atoms with Gasteiger partial charge in [0.25, 0.3) is 5.56 Å². The highest BCUT2D eigenvalue weighted by Crippen LogP contribution is 2.38. The van der Waals surface area contributed by atoms with Gasteiger partial charge in [-0.2, -0.15) is 13.2 Å². The molecule has 6 heteroatoms. The van der Waals surface area contributed by atoms with Crippen LogP contribution in [0.25, 0.3) is 0 Å². The Morgan fingerprint density at radius 1 is 1.44 bits per heavy atom. The van der Waals surface area contributed by atoms with Crippen molar-refractivity contribution in [3.8, 4) is 0 Å². The van der Waals surface area contributed by atoms with E-state index >= 15 is 0 Å². The summed E-state index contributed by atoms with van der Waals surface area (Å²) in [6, 6.07) is 0. The Hall–Kier alpha value is -0.780. The third-order valence-electron chi connectivity index (χ3n) is 2.59. The van der Waals surface area contributed by atoms with E-state index in [-0.39, 0.29) is 4.47 Å². The first-order chi connectivity index (χ1) is 7.39. The highest BCUT2D eigenvalue weighted by atomic mass is 79.9. The molecule has 1 heterocycles. The molecule has 16 heavy (non-hydrogen) atoms.